The number of aromatic hydroxyl groups is 1. The van der Waals surface area contributed by atoms with Crippen LogP contribution in [0.3, 0.4) is 0 Å². The Kier molecular flexibility index (Phi) is 6.83. The summed E-state index contributed by atoms with van der Waals surface area (Å²) in [6.07, 6.45) is 8.87. The Hall–Kier alpha value is -2.88. The van der Waals surface area contributed by atoms with Gasteiger partial charge in [-0.15, -0.1) is 0 Å². The van der Waals surface area contributed by atoms with Crippen molar-refractivity contribution >= 4 is 33.9 Å². The van der Waals surface area contributed by atoms with E-state index in [1.807, 2.05) is 24.3 Å². The van der Waals surface area contributed by atoms with E-state index in [-0.39, 0.29) is 11.3 Å². The summed E-state index contributed by atoms with van der Waals surface area (Å²) in [7, 11) is 0. The van der Waals surface area contributed by atoms with Gasteiger partial charge >= 0.3 is 6.01 Å². The molecule has 2 N–H and O–H groups in total. The summed E-state index contributed by atoms with van der Waals surface area (Å²) in [6.45, 7) is 4.16. The zero-order valence-corrected chi connectivity index (χ0v) is 26.5. The van der Waals surface area contributed by atoms with Crippen molar-refractivity contribution in [3.63, 3.8) is 0 Å². The standard InChI is InChI=1S/C35H42ClFN6O2/c36-28-6-3-5-21-12-26(44)13-31(32(21)28)41-11-10-27-29(19-41)39-34(40-33(27)42-17-24-8-9-25(18-42)38-24)45-20-35-14-22-4-1-2-7-30(22)43(35)16-23(37)15-35/h3,5-6,12-13,22-25,30,38,44H,1-2,4,7-11,14-20H2/t22-,23+,24?,25?,30-,35-/m0/s1. The lowest BCUT2D eigenvalue weighted by Crippen LogP contribution is -2.52. The Morgan fingerprint density at radius 1 is 1.02 bits per heavy atom. The molecule has 3 aromatic rings. The van der Waals surface area contributed by atoms with Crippen molar-refractivity contribution in [3.05, 3.63) is 46.6 Å². The lowest BCUT2D eigenvalue weighted by molar-refractivity contribution is 0.0772. The number of phenols is 1. The normalized spacial score (nSPS) is 32.5. The number of phenolic OH excluding ortho intramolecular Hbond substituents is 1. The minimum Gasteiger partial charge on any atom is -0.508 e. The Bertz CT molecular complexity index is 1630. The van der Waals surface area contributed by atoms with Crippen LogP contribution in [0.2, 0.25) is 5.02 Å². The van der Waals surface area contributed by atoms with Crippen molar-refractivity contribution in [1.82, 2.24) is 20.2 Å². The smallest absolute Gasteiger partial charge is 0.318 e. The molecule has 5 fully saturated rings. The quantitative estimate of drug-likeness (QED) is 0.376. The first kappa shape index (κ1) is 28.4. The van der Waals surface area contributed by atoms with Gasteiger partial charge in [0.05, 0.1) is 28.5 Å². The van der Waals surface area contributed by atoms with Crippen LogP contribution in [0, 0.1) is 5.92 Å². The molecule has 0 amide bonds. The van der Waals surface area contributed by atoms with Crippen LogP contribution < -0.4 is 19.9 Å². The van der Waals surface area contributed by atoms with Crippen LogP contribution in [0.25, 0.3) is 10.8 Å². The second-order valence-electron chi connectivity index (χ2n) is 14.6. The SMILES string of the molecule is Oc1cc(N2CCc3c(nc(OC[C@]45C[C@@H](F)CN4[C@H]4CCCC[C@H]4C5)nc3N3CC4CCC(C3)N4)C2)c2c(Cl)cccc2c1. The Morgan fingerprint density at radius 2 is 1.87 bits per heavy atom. The van der Waals surface area contributed by atoms with Crippen LogP contribution in [0.4, 0.5) is 15.9 Å². The van der Waals surface area contributed by atoms with Gasteiger partial charge in [-0.05, 0) is 62.0 Å². The Morgan fingerprint density at radius 3 is 2.73 bits per heavy atom. The summed E-state index contributed by atoms with van der Waals surface area (Å²) in [5.74, 6) is 1.86. The zero-order valence-electron chi connectivity index (χ0n) is 25.7. The topological polar surface area (TPSA) is 77.0 Å². The highest BCUT2D eigenvalue weighted by Gasteiger charge is 2.57. The molecule has 5 aliphatic heterocycles. The van der Waals surface area contributed by atoms with Gasteiger partial charge in [0.2, 0.25) is 0 Å². The summed E-state index contributed by atoms with van der Waals surface area (Å²) < 4.78 is 21.6. The molecule has 2 bridgehead atoms. The monoisotopic (exact) mass is 632 g/mol. The van der Waals surface area contributed by atoms with E-state index in [2.05, 4.69) is 20.0 Å². The third kappa shape index (κ3) is 4.83. The first-order chi connectivity index (χ1) is 21.9. The molecule has 2 unspecified atom stereocenters. The number of hydrogen-bond acceptors (Lipinski definition) is 8. The number of nitrogens with one attached hydrogen (secondary N) is 1. The van der Waals surface area contributed by atoms with E-state index in [1.54, 1.807) is 6.07 Å². The van der Waals surface area contributed by atoms with Crippen molar-refractivity contribution < 1.29 is 14.2 Å². The van der Waals surface area contributed by atoms with Gasteiger partial charge in [-0.2, -0.15) is 9.97 Å². The predicted octanol–water partition coefficient (Wildman–Crippen LogP) is 5.62. The molecular formula is C35H42ClFN6O2. The third-order valence-electron chi connectivity index (χ3n) is 11.8. The molecule has 6 atom stereocenters. The summed E-state index contributed by atoms with van der Waals surface area (Å²) >= 11 is 6.72. The number of ether oxygens (including phenoxy) is 1. The molecule has 1 saturated carbocycles. The number of fused-ring (bicyclic) bond motifs is 7. The molecule has 238 valence electrons. The zero-order chi connectivity index (χ0) is 30.3. The van der Waals surface area contributed by atoms with Crippen LogP contribution in [0.1, 0.15) is 62.6 Å². The van der Waals surface area contributed by atoms with Gasteiger partial charge in [0.15, 0.2) is 0 Å². The van der Waals surface area contributed by atoms with E-state index in [0.29, 0.717) is 61.2 Å². The predicted molar refractivity (Wildman–Crippen MR) is 174 cm³/mol. The molecule has 0 spiro atoms. The van der Waals surface area contributed by atoms with Gasteiger partial charge in [-0.25, -0.2) is 4.39 Å². The van der Waals surface area contributed by atoms with Crippen molar-refractivity contribution in [3.8, 4) is 11.8 Å². The van der Waals surface area contributed by atoms with Crippen LogP contribution >= 0.6 is 11.6 Å². The molecule has 45 heavy (non-hydrogen) atoms. The van der Waals surface area contributed by atoms with Crippen LogP contribution in [-0.2, 0) is 13.0 Å². The number of nitrogens with zero attached hydrogens (tertiary/aromatic N) is 5. The molecule has 8 nitrogen and oxygen atoms in total. The maximum atomic E-state index is 15.0. The minimum absolute atomic E-state index is 0.220. The fourth-order valence-electron chi connectivity index (χ4n) is 9.90. The van der Waals surface area contributed by atoms with E-state index in [1.165, 1.54) is 44.1 Å². The molecule has 6 aliphatic rings. The number of anilines is 2. The first-order valence-corrected chi connectivity index (χ1v) is 17.4. The maximum absolute atomic E-state index is 15.0. The van der Waals surface area contributed by atoms with Gasteiger partial charge < -0.3 is 25.0 Å². The van der Waals surface area contributed by atoms with Crippen LogP contribution in [-0.4, -0.2) is 82.6 Å². The van der Waals surface area contributed by atoms with E-state index in [0.717, 1.165) is 60.4 Å². The summed E-state index contributed by atoms with van der Waals surface area (Å²) in [4.78, 5) is 17.4. The van der Waals surface area contributed by atoms with Crippen molar-refractivity contribution in [2.45, 2.75) is 94.2 Å². The lowest BCUT2D eigenvalue weighted by atomic mass is 9.81. The number of benzene rings is 2. The number of halogens is 2. The molecule has 9 rings (SSSR count). The van der Waals surface area contributed by atoms with Crippen LogP contribution in [0.15, 0.2) is 30.3 Å². The van der Waals surface area contributed by atoms with Crippen molar-refractivity contribution in [2.24, 2.45) is 5.92 Å². The third-order valence-corrected chi connectivity index (χ3v) is 12.1. The molecule has 6 heterocycles. The number of aromatic nitrogens is 2. The summed E-state index contributed by atoms with van der Waals surface area (Å²) in [5, 5.41) is 16.9. The number of piperazine rings is 1. The molecule has 2 aromatic carbocycles. The molecular weight excluding hydrogens is 591 g/mol. The largest absolute Gasteiger partial charge is 0.508 e. The van der Waals surface area contributed by atoms with Gasteiger partial charge in [-0.3, -0.25) is 4.90 Å². The Labute approximate surface area is 268 Å². The van der Waals surface area contributed by atoms with Crippen LogP contribution in [0.5, 0.6) is 11.8 Å². The fraction of sp³-hybridized carbons (Fsp3) is 0.600. The van der Waals surface area contributed by atoms with Crippen molar-refractivity contribution in [2.75, 3.05) is 42.6 Å². The maximum Gasteiger partial charge on any atom is 0.318 e. The van der Waals surface area contributed by atoms with Gasteiger partial charge in [-0.1, -0.05) is 36.6 Å². The summed E-state index contributed by atoms with van der Waals surface area (Å²) in [5.41, 5.74) is 2.79. The molecule has 4 saturated heterocycles. The van der Waals surface area contributed by atoms with Gasteiger partial charge in [0.25, 0.3) is 0 Å². The number of rotatable bonds is 5. The first-order valence-electron chi connectivity index (χ1n) is 17.0. The molecule has 0 radical (unpaired) electrons. The van der Waals surface area contributed by atoms with E-state index < -0.39 is 6.17 Å². The second kappa shape index (κ2) is 10.8. The van der Waals surface area contributed by atoms with E-state index >= 15 is 0 Å². The van der Waals surface area contributed by atoms with E-state index in [9.17, 15) is 9.50 Å². The molecule has 1 aliphatic carbocycles. The van der Waals surface area contributed by atoms with E-state index in [4.69, 9.17) is 26.3 Å². The highest BCUT2D eigenvalue weighted by atomic mass is 35.5. The fourth-order valence-corrected chi connectivity index (χ4v) is 10.2. The number of alkyl halides is 1. The Balaban J connectivity index is 1.06. The average Bonchev–Trinajstić information content (AvgIpc) is 3.65. The highest BCUT2D eigenvalue weighted by Crippen LogP contribution is 2.51. The average molecular weight is 633 g/mol. The molecule has 10 heteroatoms. The summed E-state index contributed by atoms with van der Waals surface area (Å²) in [6, 6.07) is 11.2. The lowest BCUT2D eigenvalue weighted by Gasteiger charge is -2.38. The van der Waals surface area contributed by atoms with Gasteiger partial charge in [0, 0.05) is 67.7 Å². The highest BCUT2D eigenvalue weighted by molar-refractivity contribution is 6.36. The van der Waals surface area contributed by atoms with Crippen molar-refractivity contribution in [1.29, 1.82) is 0 Å². The second-order valence-corrected chi connectivity index (χ2v) is 15.0. The molecule has 1 aromatic heterocycles. The number of hydrogen-bond donors (Lipinski definition) is 2. The van der Waals surface area contributed by atoms with Gasteiger partial charge in [0.1, 0.15) is 24.3 Å². The minimum atomic E-state index is -0.801.